The third-order valence-corrected chi connectivity index (χ3v) is 3.84. The molecule has 4 heteroatoms. The molecule has 0 aliphatic carbocycles. The minimum absolute atomic E-state index is 0.253. The molecule has 2 heterocycles. The van der Waals surface area contributed by atoms with Gasteiger partial charge >= 0.3 is 0 Å². The van der Waals surface area contributed by atoms with E-state index in [-0.39, 0.29) is 5.54 Å². The highest BCUT2D eigenvalue weighted by Crippen LogP contribution is 2.22. The van der Waals surface area contributed by atoms with Crippen LogP contribution in [-0.2, 0) is 6.54 Å². The molecule has 19 heavy (non-hydrogen) atoms. The van der Waals surface area contributed by atoms with Gasteiger partial charge in [-0.2, -0.15) is 0 Å². The molecule has 2 rings (SSSR count). The van der Waals surface area contributed by atoms with Crippen molar-refractivity contribution in [3.63, 3.8) is 0 Å². The fourth-order valence-electron chi connectivity index (χ4n) is 2.59. The standard InChI is InChI=1S/C15H26N4/c1-12-5-6-13(11-16)14(17-12)18-7-9-19(10-8-18)15(2,3)4/h5-6H,7-11,16H2,1-4H3. The molecule has 106 valence electrons. The molecule has 0 spiro atoms. The molecular formula is C15H26N4. The van der Waals surface area contributed by atoms with Crippen LogP contribution in [0, 0.1) is 6.92 Å². The summed E-state index contributed by atoms with van der Waals surface area (Å²) in [7, 11) is 0. The predicted molar refractivity (Wildman–Crippen MR) is 80.4 cm³/mol. The molecule has 0 bridgehead atoms. The topological polar surface area (TPSA) is 45.4 Å². The van der Waals surface area contributed by atoms with E-state index in [0.29, 0.717) is 6.54 Å². The molecule has 1 fully saturated rings. The summed E-state index contributed by atoms with van der Waals surface area (Å²) in [5, 5.41) is 0. The molecule has 1 saturated heterocycles. The van der Waals surface area contributed by atoms with Gasteiger partial charge in [0.05, 0.1) is 0 Å². The monoisotopic (exact) mass is 262 g/mol. The number of piperazine rings is 1. The summed E-state index contributed by atoms with van der Waals surface area (Å²) in [5.74, 6) is 1.08. The van der Waals surface area contributed by atoms with Gasteiger partial charge in [0.15, 0.2) is 0 Å². The minimum Gasteiger partial charge on any atom is -0.354 e. The largest absolute Gasteiger partial charge is 0.354 e. The summed E-state index contributed by atoms with van der Waals surface area (Å²) in [6.07, 6.45) is 0. The zero-order chi connectivity index (χ0) is 14.0. The molecule has 1 aliphatic rings. The highest BCUT2D eigenvalue weighted by molar-refractivity contribution is 5.48. The van der Waals surface area contributed by atoms with Gasteiger partial charge in [-0.05, 0) is 33.8 Å². The van der Waals surface area contributed by atoms with E-state index in [1.807, 2.05) is 13.0 Å². The summed E-state index contributed by atoms with van der Waals surface area (Å²) in [6, 6.07) is 4.14. The van der Waals surface area contributed by atoms with Crippen LogP contribution in [0.25, 0.3) is 0 Å². The maximum atomic E-state index is 5.83. The van der Waals surface area contributed by atoms with E-state index < -0.39 is 0 Å². The SMILES string of the molecule is Cc1ccc(CN)c(N2CCN(C(C)(C)C)CC2)n1. The smallest absolute Gasteiger partial charge is 0.133 e. The quantitative estimate of drug-likeness (QED) is 0.882. The van der Waals surface area contributed by atoms with Crippen LogP contribution in [0.2, 0.25) is 0 Å². The normalized spacial score (nSPS) is 17.8. The van der Waals surface area contributed by atoms with Crippen molar-refractivity contribution in [2.24, 2.45) is 5.73 Å². The number of pyridine rings is 1. The number of aromatic nitrogens is 1. The Labute approximate surface area is 116 Å². The van der Waals surface area contributed by atoms with E-state index >= 15 is 0 Å². The molecule has 0 unspecified atom stereocenters. The van der Waals surface area contributed by atoms with Crippen molar-refractivity contribution < 1.29 is 0 Å². The Hall–Kier alpha value is -1.13. The molecule has 1 aliphatic heterocycles. The predicted octanol–water partition coefficient (Wildman–Crippen LogP) is 1.77. The van der Waals surface area contributed by atoms with Crippen molar-refractivity contribution in [1.82, 2.24) is 9.88 Å². The molecule has 0 aromatic carbocycles. The van der Waals surface area contributed by atoms with Crippen molar-refractivity contribution in [3.8, 4) is 0 Å². The average Bonchev–Trinajstić information content (AvgIpc) is 2.38. The van der Waals surface area contributed by atoms with Crippen molar-refractivity contribution in [1.29, 1.82) is 0 Å². The van der Waals surface area contributed by atoms with E-state index in [9.17, 15) is 0 Å². The first-order chi connectivity index (χ1) is 8.91. The Bertz CT molecular complexity index is 428. The zero-order valence-corrected chi connectivity index (χ0v) is 12.6. The minimum atomic E-state index is 0.253. The Morgan fingerprint density at radius 1 is 1.16 bits per heavy atom. The molecule has 1 aromatic heterocycles. The number of hydrogen-bond donors (Lipinski definition) is 1. The van der Waals surface area contributed by atoms with Gasteiger partial charge in [-0.15, -0.1) is 0 Å². The lowest BCUT2D eigenvalue weighted by Crippen LogP contribution is -2.53. The van der Waals surface area contributed by atoms with Crippen LogP contribution in [-0.4, -0.2) is 41.6 Å². The summed E-state index contributed by atoms with van der Waals surface area (Å²) >= 11 is 0. The van der Waals surface area contributed by atoms with Crippen molar-refractivity contribution in [2.75, 3.05) is 31.1 Å². The van der Waals surface area contributed by atoms with Crippen LogP contribution in [0.15, 0.2) is 12.1 Å². The van der Waals surface area contributed by atoms with Gasteiger partial charge in [0.2, 0.25) is 0 Å². The lowest BCUT2D eigenvalue weighted by Gasteiger charge is -2.43. The van der Waals surface area contributed by atoms with Crippen molar-refractivity contribution >= 4 is 5.82 Å². The molecule has 0 amide bonds. The first-order valence-corrected chi connectivity index (χ1v) is 7.08. The summed E-state index contributed by atoms with van der Waals surface area (Å²) in [4.78, 5) is 9.58. The van der Waals surface area contributed by atoms with Gasteiger partial charge in [0.25, 0.3) is 0 Å². The number of aryl methyl sites for hydroxylation is 1. The molecule has 4 nitrogen and oxygen atoms in total. The van der Waals surface area contributed by atoms with Gasteiger partial charge in [0, 0.05) is 49.5 Å². The zero-order valence-electron chi connectivity index (χ0n) is 12.6. The first-order valence-electron chi connectivity index (χ1n) is 7.08. The highest BCUT2D eigenvalue weighted by atomic mass is 15.3. The van der Waals surface area contributed by atoms with Gasteiger partial charge in [-0.1, -0.05) is 6.07 Å². The van der Waals surface area contributed by atoms with Crippen LogP contribution in [0.3, 0.4) is 0 Å². The maximum Gasteiger partial charge on any atom is 0.133 e. The van der Waals surface area contributed by atoms with E-state index in [0.717, 1.165) is 43.3 Å². The Morgan fingerprint density at radius 3 is 2.32 bits per heavy atom. The second-order valence-electron chi connectivity index (χ2n) is 6.28. The van der Waals surface area contributed by atoms with Crippen LogP contribution in [0.5, 0.6) is 0 Å². The number of nitrogens with zero attached hydrogens (tertiary/aromatic N) is 3. The Balaban J connectivity index is 2.11. The second kappa shape index (κ2) is 5.47. The van der Waals surface area contributed by atoms with E-state index in [1.165, 1.54) is 0 Å². The highest BCUT2D eigenvalue weighted by Gasteiger charge is 2.26. The van der Waals surface area contributed by atoms with Crippen LogP contribution in [0.4, 0.5) is 5.82 Å². The molecule has 0 saturated carbocycles. The molecule has 0 radical (unpaired) electrons. The summed E-state index contributed by atoms with van der Waals surface area (Å²) < 4.78 is 0. The lowest BCUT2D eigenvalue weighted by atomic mass is 10.0. The first kappa shape index (κ1) is 14.3. The number of rotatable bonds is 2. The average molecular weight is 262 g/mol. The lowest BCUT2D eigenvalue weighted by molar-refractivity contribution is 0.128. The van der Waals surface area contributed by atoms with E-state index in [1.54, 1.807) is 0 Å². The van der Waals surface area contributed by atoms with Gasteiger partial charge in [-0.3, -0.25) is 4.90 Å². The van der Waals surface area contributed by atoms with Gasteiger partial charge in [-0.25, -0.2) is 4.98 Å². The summed E-state index contributed by atoms with van der Waals surface area (Å²) in [6.45, 7) is 13.7. The molecule has 2 N–H and O–H groups in total. The number of nitrogens with two attached hydrogens (primary N) is 1. The molecule has 0 atom stereocenters. The van der Waals surface area contributed by atoms with Crippen molar-refractivity contribution in [2.45, 2.75) is 39.8 Å². The Morgan fingerprint density at radius 2 is 1.79 bits per heavy atom. The Kier molecular flexibility index (Phi) is 4.11. The third kappa shape index (κ3) is 3.25. The third-order valence-electron chi connectivity index (χ3n) is 3.84. The van der Waals surface area contributed by atoms with E-state index in [2.05, 4.69) is 41.6 Å². The van der Waals surface area contributed by atoms with Crippen LogP contribution < -0.4 is 10.6 Å². The van der Waals surface area contributed by atoms with Gasteiger partial charge in [0.1, 0.15) is 5.82 Å². The fraction of sp³-hybridized carbons (Fsp3) is 0.667. The maximum absolute atomic E-state index is 5.83. The van der Waals surface area contributed by atoms with Crippen LogP contribution in [0.1, 0.15) is 32.0 Å². The fourth-order valence-corrected chi connectivity index (χ4v) is 2.59. The van der Waals surface area contributed by atoms with E-state index in [4.69, 9.17) is 5.73 Å². The molecule has 1 aromatic rings. The molecular weight excluding hydrogens is 236 g/mol. The summed E-state index contributed by atoms with van der Waals surface area (Å²) in [5.41, 5.74) is 8.29. The van der Waals surface area contributed by atoms with Gasteiger partial charge < -0.3 is 10.6 Å². The number of anilines is 1. The van der Waals surface area contributed by atoms with Crippen LogP contribution >= 0.6 is 0 Å². The second-order valence-corrected chi connectivity index (χ2v) is 6.28. The van der Waals surface area contributed by atoms with Crippen molar-refractivity contribution in [3.05, 3.63) is 23.4 Å². The number of hydrogen-bond acceptors (Lipinski definition) is 4.